The Morgan fingerprint density at radius 3 is 2.60 bits per heavy atom. The molecule has 1 aromatic carbocycles. The lowest BCUT2D eigenvalue weighted by atomic mass is 10.1. The zero-order chi connectivity index (χ0) is 14.1. The molecule has 1 aromatic rings. The zero-order valence-electron chi connectivity index (χ0n) is 11.3. The number of benzene rings is 1. The Morgan fingerprint density at radius 1 is 1.25 bits per heavy atom. The second-order valence-electron chi connectivity index (χ2n) is 4.48. The van der Waals surface area contributed by atoms with Crippen molar-refractivity contribution < 1.29 is 9.18 Å². The molecule has 0 radical (unpaired) electrons. The fourth-order valence-corrected chi connectivity index (χ4v) is 1.97. The van der Waals surface area contributed by atoms with Crippen molar-refractivity contribution in [2.24, 2.45) is 5.73 Å². The van der Waals surface area contributed by atoms with E-state index in [9.17, 15) is 9.18 Å². The average Bonchev–Trinajstić information content (AvgIpc) is 2.40. The van der Waals surface area contributed by atoms with E-state index >= 15 is 0 Å². The molecule has 20 heavy (non-hydrogen) atoms. The quantitative estimate of drug-likeness (QED) is 0.691. The Labute approximate surface area is 134 Å². The summed E-state index contributed by atoms with van der Waals surface area (Å²) in [4.78, 5) is 11.6. The van der Waals surface area contributed by atoms with E-state index in [4.69, 9.17) is 5.73 Å². The molecule has 0 aromatic heterocycles. The van der Waals surface area contributed by atoms with E-state index in [0.29, 0.717) is 24.0 Å². The highest BCUT2D eigenvalue weighted by Gasteiger charge is 2.03. The molecule has 0 heterocycles. The summed E-state index contributed by atoms with van der Waals surface area (Å²) in [6.07, 6.45) is 4.50. The molecule has 1 amide bonds. The van der Waals surface area contributed by atoms with Crippen molar-refractivity contribution in [2.75, 3.05) is 6.54 Å². The first-order valence-corrected chi connectivity index (χ1v) is 7.33. The number of hydrogen-bond donors (Lipinski definition) is 2. The maximum Gasteiger partial charge on any atom is 0.220 e. The molecule has 0 bridgehead atoms. The smallest absolute Gasteiger partial charge is 0.220 e. The normalized spacial score (nSPS) is 9.95. The molecular weight excluding hydrogens is 347 g/mol. The molecule has 1 rings (SSSR count). The van der Waals surface area contributed by atoms with Gasteiger partial charge in [-0.05, 0) is 53.0 Å². The minimum atomic E-state index is -0.312. The first-order valence-electron chi connectivity index (χ1n) is 6.54. The summed E-state index contributed by atoms with van der Waals surface area (Å²) in [7, 11) is 0. The van der Waals surface area contributed by atoms with E-state index in [0.717, 1.165) is 31.2 Å². The van der Waals surface area contributed by atoms with Crippen LogP contribution >= 0.6 is 28.3 Å². The molecule has 0 aliphatic rings. The highest BCUT2D eigenvalue weighted by molar-refractivity contribution is 9.10. The first-order chi connectivity index (χ1) is 9.13. The molecule has 6 heteroatoms. The van der Waals surface area contributed by atoms with Gasteiger partial charge in [0.2, 0.25) is 5.91 Å². The number of carbonyl (C=O) groups is 1. The number of nitrogens with one attached hydrogen (secondary N) is 1. The lowest BCUT2D eigenvalue weighted by Crippen LogP contribution is -2.22. The number of halogens is 3. The van der Waals surface area contributed by atoms with Crippen molar-refractivity contribution in [3.05, 3.63) is 34.1 Å². The number of amides is 1. The maximum atomic E-state index is 13.3. The summed E-state index contributed by atoms with van der Waals surface area (Å²) in [5.41, 5.74) is 6.15. The van der Waals surface area contributed by atoms with Gasteiger partial charge in [-0.1, -0.05) is 18.9 Å². The van der Waals surface area contributed by atoms with E-state index in [1.54, 1.807) is 12.1 Å². The van der Waals surface area contributed by atoms with E-state index in [2.05, 4.69) is 21.2 Å². The largest absolute Gasteiger partial charge is 0.352 e. The third-order valence-corrected chi connectivity index (χ3v) is 3.47. The Hall–Kier alpha value is -0.650. The molecule has 0 saturated carbocycles. The van der Waals surface area contributed by atoms with Gasteiger partial charge >= 0.3 is 0 Å². The SMILES string of the molecule is Cl.NCCCCCCC(=O)NCc1ccc(Br)c(F)c1. The Kier molecular flexibility index (Phi) is 10.7. The number of rotatable bonds is 8. The van der Waals surface area contributed by atoms with Gasteiger partial charge in [-0.3, -0.25) is 4.79 Å². The topological polar surface area (TPSA) is 55.1 Å². The first kappa shape index (κ1) is 19.4. The van der Waals surface area contributed by atoms with Crippen LogP contribution in [0.4, 0.5) is 4.39 Å². The molecule has 0 fully saturated rings. The molecule has 3 N–H and O–H groups in total. The minimum absolute atomic E-state index is 0. The third-order valence-electron chi connectivity index (χ3n) is 2.83. The summed E-state index contributed by atoms with van der Waals surface area (Å²) in [5.74, 6) is -0.301. The molecule has 0 unspecified atom stereocenters. The zero-order valence-corrected chi connectivity index (χ0v) is 13.7. The molecule has 0 atom stereocenters. The summed E-state index contributed by atoms with van der Waals surface area (Å²) in [6, 6.07) is 4.85. The van der Waals surface area contributed by atoms with Crippen molar-refractivity contribution in [2.45, 2.75) is 38.6 Å². The fourth-order valence-electron chi connectivity index (χ4n) is 1.72. The third kappa shape index (κ3) is 7.82. The van der Waals surface area contributed by atoms with Gasteiger partial charge in [0.15, 0.2) is 0 Å². The predicted octanol–water partition coefficient (Wildman–Crippen LogP) is 3.54. The van der Waals surface area contributed by atoms with Gasteiger partial charge < -0.3 is 11.1 Å². The Morgan fingerprint density at radius 2 is 1.95 bits per heavy atom. The maximum absolute atomic E-state index is 13.3. The van der Waals surface area contributed by atoms with Gasteiger partial charge in [-0.15, -0.1) is 12.4 Å². The van der Waals surface area contributed by atoms with Gasteiger partial charge in [0, 0.05) is 13.0 Å². The average molecular weight is 368 g/mol. The second kappa shape index (κ2) is 11.1. The predicted molar refractivity (Wildman–Crippen MR) is 85.3 cm³/mol. The minimum Gasteiger partial charge on any atom is -0.352 e. The molecule has 3 nitrogen and oxygen atoms in total. The summed E-state index contributed by atoms with van der Waals surface area (Å²) < 4.78 is 13.7. The molecule has 0 aliphatic heterocycles. The van der Waals surface area contributed by atoms with Crippen LogP contribution in [0, 0.1) is 5.82 Å². The van der Waals surface area contributed by atoms with Crippen LogP contribution in [-0.4, -0.2) is 12.5 Å². The van der Waals surface area contributed by atoms with Crippen LogP contribution in [0.2, 0.25) is 0 Å². The van der Waals surface area contributed by atoms with Gasteiger partial charge in [-0.25, -0.2) is 4.39 Å². The highest BCUT2D eigenvalue weighted by atomic mass is 79.9. The van der Waals surface area contributed by atoms with Crippen molar-refractivity contribution in [1.29, 1.82) is 0 Å². The summed E-state index contributed by atoms with van der Waals surface area (Å²) in [6.45, 7) is 1.08. The fraction of sp³-hybridized carbons (Fsp3) is 0.500. The van der Waals surface area contributed by atoms with Crippen LogP contribution in [-0.2, 0) is 11.3 Å². The number of carbonyl (C=O) groups excluding carboxylic acids is 1. The number of hydrogen-bond acceptors (Lipinski definition) is 2. The van der Waals surface area contributed by atoms with Gasteiger partial charge in [0.1, 0.15) is 5.82 Å². The van der Waals surface area contributed by atoms with Crippen molar-refractivity contribution >= 4 is 34.2 Å². The van der Waals surface area contributed by atoms with Crippen molar-refractivity contribution in [3.8, 4) is 0 Å². The highest BCUT2D eigenvalue weighted by Crippen LogP contribution is 2.16. The molecule has 0 spiro atoms. The van der Waals surface area contributed by atoms with Crippen molar-refractivity contribution in [1.82, 2.24) is 5.32 Å². The van der Waals surface area contributed by atoms with Crippen LogP contribution < -0.4 is 11.1 Å². The standard InChI is InChI=1S/C14H20BrFN2O.ClH/c15-12-7-6-11(9-13(12)16)10-18-14(19)5-3-1-2-4-8-17;/h6-7,9H,1-5,8,10,17H2,(H,18,19);1H. The Bertz CT molecular complexity index is 418. The van der Waals surface area contributed by atoms with Gasteiger partial charge in [-0.2, -0.15) is 0 Å². The lowest BCUT2D eigenvalue weighted by Gasteiger charge is -2.06. The summed E-state index contributed by atoms with van der Waals surface area (Å²) in [5, 5.41) is 2.79. The number of nitrogens with two attached hydrogens (primary N) is 1. The number of unbranched alkanes of at least 4 members (excludes halogenated alkanes) is 3. The van der Waals surface area contributed by atoms with Gasteiger partial charge in [0.25, 0.3) is 0 Å². The van der Waals surface area contributed by atoms with Crippen molar-refractivity contribution in [3.63, 3.8) is 0 Å². The van der Waals surface area contributed by atoms with Gasteiger partial charge in [0.05, 0.1) is 4.47 Å². The van der Waals surface area contributed by atoms with Crippen LogP contribution in [0.25, 0.3) is 0 Å². The van der Waals surface area contributed by atoms with E-state index in [-0.39, 0.29) is 24.1 Å². The molecule has 114 valence electrons. The monoisotopic (exact) mass is 366 g/mol. The van der Waals surface area contributed by atoms with Crippen LogP contribution in [0.1, 0.15) is 37.7 Å². The van der Waals surface area contributed by atoms with Crippen LogP contribution in [0.15, 0.2) is 22.7 Å². The lowest BCUT2D eigenvalue weighted by molar-refractivity contribution is -0.121. The molecular formula is C14H21BrClFN2O. The molecule has 0 aliphatic carbocycles. The summed E-state index contributed by atoms with van der Waals surface area (Å²) >= 11 is 3.09. The van der Waals surface area contributed by atoms with E-state index in [1.807, 2.05) is 0 Å². The molecule has 0 saturated heterocycles. The van der Waals surface area contributed by atoms with Crippen LogP contribution in [0.3, 0.4) is 0 Å². The van der Waals surface area contributed by atoms with E-state index in [1.165, 1.54) is 6.07 Å². The van der Waals surface area contributed by atoms with E-state index < -0.39 is 0 Å². The second-order valence-corrected chi connectivity index (χ2v) is 5.33. The van der Waals surface area contributed by atoms with Crippen LogP contribution in [0.5, 0.6) is 0 Å². The Balaban J connectivity index is 0.00000361.